The Kier molecular flexibility index (Phi) is 3.68. The summed E-state index contributed by atoms with van der Waals surface area (Å²) in [7, 11) is 0. The van der Waals surface area contributed by atoms with Crippen LogP contribution in [-0.4, -0.2) is 17.5 Å². The van der Waals surface area contributed by atoms with E-state index >= 15 is 0 Å². The predicted octanol–water partition coefficient (Wildman–Crippen LogP) is 2.88. The van der Waals surface area contributed by atoms with E-state index in [1.807, 2.05) is 11.8 Å². The Morgan fingerprint density at radius 3 is 3.06 bits per heavy atom. The second-order valence-electron chi connectivity index (χ2n) is 3.89. The maximum Gasteiger partial charge on any atom is 0.125 e. The molecule has 84 valence electrons. The smallest absolute Gasteiger partial charge is 0.125 e. The number of thioether (sulfide) groups is 1. The van der Waals surface area contributed by atoms with Crippen molar-refractivity contribution in [2.24, 2.45) is 5.92 Å². The van der Waals surface area contributed by atoms with Crippen LogP contribution >= 0.6 is 11.8 Å². The lowest BCUT2D eigenvalue weighted by molar-refractivity contribution is 0.564. The van der Waals surface area contributed by atoms with Crippen LogP contribution in [0, 0.1) is 23.1 Å². The number of nitrogens with zero attached hydrogens (tertiary/aromatic N) is 1. The van der Waals surface area contributed by atoms with Crippen molar-refractivity contribution in [2.45, 2.75) is 12.5 Å². The van der Waals surface area contributed by atoms with Crippen LogP contribution in [0.25, 0.3) is 0 Å². The maximum absolute atomic E-state index is 13.0. The highest BCUT2D eigenvalue weighted by molar-refractivity contribution is 7.99. The summed E-state index contributed by atoms with van der Waals surface area (Å²) < 4.78 is 13.0. The minimum Gasteiger partial charge on any atom is -0.369 e. The highest BCUT2D eigenvalue weighted by Gasteiger charge is 2.25. The molecule has 1 heterocycles. The van der Waals surface area contributed by atoms with Crippen molar-refractivity contribution >= 4 is 17.4 Å². The Morgan fingerprint density at radius 1 is 1.56 bits per heavy atom. The molecule has 1 N–H and O–H groups in total. The number of anilines is 1. The van der Waals surface area contributed by atoms with Crippen molar-refractivity contribution in [3.63, 3.8) is 0 Å². The Hall–Kier alpha value is -1.21. The summed E-state index contributed by atoms with van der Waals surface area (Å²) in [6.07, 6.45) is 1.06. The minimum atomic E-state index is -0.275. The Labute approximate surface area is 98.8 Å². The van der Waals surface area contributed by atoms with Gasteiger partial charge >= 0.3 is 0 Å². The van der Waals surface area contributed by atoms with Gasteiger partial charge in [0.25, 0.3) is 0 Å². The fourth-order valence-corrected chi connectivity index (χ4v) is 3.13. The molecule has 0 radical (unpaired) electrons. The van der Waals surface area contributed by atoms with Gasteiger partial charge in [-0.15, -0.1) is 0 Å². The first-order valence-electron chi connectivity index (χ1n) is 5.29. The molecule has 2 unspecified atom stereocenters. The summed E-state index contributed by atoms with van der Waals surface area (Å²) in [6, 6.07) is 8.31. The predicted molar refractivity (Wildman–Crippen MR) is 64.9 cm³/mol. The van der Waals surface area contributed by atoms with E-state index in [-0.39, 0.29) is 11.9 Å². The topological polar surface area (TPSA) is 35.8 Å². The average Bonchev–Trinajstić information content (AvgIpc) is 2.79. The summed E-state index contributed by atoms with van der Waals surface area (Å²) in [4.78, 5) is 0. The molecule has 0 saturated carbocycles. The summed E-state index contributed by atoms with van der Waals surface area (Å²) in [5, 5.41) is 12.2. The van der Waals surface area contributed by atoms with Crippen molar-refractivity contribution in [1.29, 1.82) is 5.26 Å². The van der Waals surface area contributed by atoms with Crippen LogP contribution in [0.15, 0.2) is 24.3 Å². The van der Waals surface area contributed by atoms with E-state index in [2.05, 4.69) is 11.4 Å². The third-order valence-electron chi connectivity index (χ3n) is 2.72. The van der Waals surface area contributed by atoms with Crippen LogP contribution in [-0.2, 0) is 0 Å². The third-order valence-corrected chi connectivity index (χ3v) is 3.91. The van der Waals surface area contributed by atoms with Gasteiger partial charge in [0.1, 0.15) is 11.9 Å². The summed E-state index contributed by atoms with van der Waals surface area (Å²) in [5.74, 6) is 2.23. The van der Waals surface area contributed by atoms with E-state index in [0.29, 0.717) is 11.6 Å². The molecular formula is C12H13FN2S. The van der Waals surface area contributed by atoms with Gasteiger partial charge in [-0.25, -0.2) is 4.39 Å². The van der Waals surface area contributed by atoms with E-state index in [1.165, 1.54) is 12.1 Å². The van der Waals surface area contributed by atoms with Crippen LogP contribution in [0.5, 0.6) is 0 Å². The number of hydrogen-bond acceptors (Lipinski definition) is 3. The van der Waals surface area contributed by atoms with Gasteiger partial charge in [0, 0.05) is 11.6 Å². The van der Waals surface area contributed by atoms with Crippen molar-refractivity contribution < 1.29 is 4.39 Å². The molecule has 0 spiro atoms. The molecular weight excluding hydrogens is 223 g/mol. The molecule has 1 aliphatic rings. The molecule has 16 heavy (non-hydrogen) atoms. The fraction of sp³-hybridized carbons (Fsp3) is 0.417. The number of nitriles is 1. The van der Waals surface area contributed by atoms with Gasteiger partial charge in [-0.3, -0.25) is 0 Å². The zero-order valence-corrected chi connectivity index (χ0v) is 9.64. The Morgan fingerprint density at radius 2 is 2.44 bits per heavy atom. The van der Waals surface area contributed by atoms with Gasteiger partial charge in [0.2, 0.25) is 0 Å². The average molecular weight is 236 g/mol. The monoisotopic (exact) mass is 236 g/mol. The van der Waals surface area contributed by atoms with Gasteiger partial charge in [-0.05, 0) is 36.1 Å². The van der Waals surface area contributed by atoms with Crippen molar-refractivity contribution in [3.8, 4) is 6.07 Å². The number of rotatable bonds is 3. The van der Waals surface area contributed by atoms with Crippen molar-refractivity contribution in [3.05, 3.63) is 30.1 Å². The van der Waals surface area contributed by atoms with E-state index in [0.717, 1.165) is 17.9 Å². The van der Waals surface area contributed by atoms with E-state index in [1.54, 1.807) is 12.1 Å². The molecule has 2 atom stereocenters. The van der Waals surface area contributed by atoms with E-state index < -0.39 is 0 Å². The quantitative estimate of drug-likeness (QED) is 0.876. The van der Waals surface area contributed by atoms with Gasteiger partial charge in [0.15, 0.2) is 0 Å². The van der Waals surface area contributed by atoms with E-state index in [9.17, 15) is 4.39 Å². The molecule has 1 fully saturated rings. The second-order valence-corrected chi connectivity index (χ2v) is 5.03. The van der Waals surface area contributed by atoms with Gasteiger partial charge in [-0.1, -0.05) is 6.07 Å². The fourth-order valence-electron chi connectivity index (χ4n) is 1.83. The molecule has 1 aromatic carbocycles. The molecule has 0 amide bonds. The number of hydrogen-bond donors (Lipinski definition) is 1. The van der Waals surface area contributed by atoms with Crippen LogP contribution in [0.3, 0.4) is 0 Å². The van der Waals surface area contributed by atoms with Gasteiger partial charge in [0.05, 0.1) is 6.07 Å². The first-order chi connectivity index (χ1) is 7.79. The first-order valence-corrected chi connectivity index (χ1v) is 6.44. The molecule has 2 rings (SSSR count). The highest BCUT2D eigenvalue weighted by atomic mass is 32.2. The number of nitrogens with one attached hydrogen (secondary N) is 1. The lowest BCUT2D eigenvalue weighted by Crippen LogP contribution is -2.27. The van der Waals surface area contributed by atoms with Crippen LogP contribution in [0.1, 0.15) is 6.42 Å². The van der Waals surface area contributed by atoms with Crippen molar-refractivity contribution in [2.75, 3.05) is 16.8 Å². The Bertz CT molecular complexity index is 396. The second kappa shape index (κ2) is 5.22. The normalized spacial score (nSPS) is 21.4. The number of halogens is 1. The zero-order chi connectivity index (χ0) is 11.4. The molecule has 0 bridgehead atoms. The molecule has 1 aromatic rings. The van der Waals surface area contributed by atoms with Gasteiger partial charge in [-0.2, -0.15) is 17.0 Å². The number of benzene rings is 1. The summed E-state index contributed by atoms with van der Waals surface area (Å²) >= 11 is 1.87. The minimum absolute atomic E-state index is 0.211. The highest BCUT2D eigenvalue weighted by Crippen LogP contribution is 2.27. The lowest BCUT2D eigenvalue weighted by Gasteiger charge is -2.18. The van der Waals surface area contributed by atoms with Crippen LogP contribution < -0.4 is 5.32 Å². The molecule has 1 saturated heterocycles. The molecule has 2 nitrogen and oxygen atoms in total. The largest absolute Gasteiger partial charge is 0.369 e. The standard InChI is InChI=1S/C12H13FN2S/c13-10-2-1-3-11(6-10)15-12(7-14)9-4-5-16-8-9/h1-3,6,9,12,15H,4-5,8H2. The lowest BCUT2D eigenvalue weighted by atomic mass is 10.0. The molecule has 1 aliphatic heterocycles. The van der Waals surface area contributed by atoms with E-state index in [4.69, 9.17) is 5.26 Å². The van der Waals surface area contributed by atoms with Gasteiger partial charge < -0.3 is 5.32 Å². The van der Waals surface area contributed by atoms with Crippen LogP contribution in [0.2, 0.25) is 0 Å². The van der Waals surface area contributed by atoms with Crippen molar-refractivity contribution in [1.82, 2.24) is 0 Å². The first kappa shape index (κ1) is 11.3. The summed E-state index contributed by atoms with van der Waals surface area (Å²) in [6.45, 7) is 0. The molecule has 0 aliphatic carbocycles. The Balaban J connectivity index is 2.04. The third kappa shape index (κ3) is 2.67. The maximum atomic E-state index is 13.0. The summed E-state index contributed by atoms with van der Waals surface area (Å²) in [5.41, 5.74) is 0.684. The SMILES string of the molecule is N#CC(Nc1cccc(F)c1)C1CCSC1. The molecule has 0 aromatic heterocycles. The van der Waals surface area contributed by atoms with Crippen LogP contribution in [0.4, 0.5) is 10.1 Å². The molecule has 4 heteroatoms. The zero-order valence-electron chi connectivity index (χ0n) is 8.82.